The molecule has 0 saturated heterocycles. The van der Waals surface area contributed by atoms with E-state index in [-0.39, 0.29) is 6.61 Å². The third kappa shape index (κ3) is 5.94. The van der Waals surface area contributed by atoms with Crippen LogP contribution in [0.15, 0.2) is 48.5 Å². The Bertz CT molecular complexity index is 1010. The number of phosphoric acid groups is 1. The monoisotopic (exact) mass is 441 g/mol. The van der Waals surface area contributed by atoms with Crippen molar-refractivity contribution in [1.29, 1.82) is 0 Å². The van der Waals surface area contributed by atoms with E-state index in [9.17, 15) is 4.57 Å². The van der Waals surface area contributed by atoms with E-state index >= 15 is 0 Å². The van der Waals surface area contributed by atoms with E-state index in [0.717, 1.165) is 25.7 Å². The fourth-order valence-electron chi connectivity index (χ4n) is 5.03. The van der Waals surface area contributed by atoms with Gasteiger partial charge in [0.05, 0.1) is 6.61 Å². The van der Waals surface area contributed by atoms with Crippen LogP contribution in [0.3, 0.4) is 0 Å². The Hall–Kier alpha value is -1.75. The van der Waals surface area contributed by atoms with Crippen molar-refractivity contribution in [2.45, 2.75) is 56.9 Å². The Morgan fingerprint density at radius 3 is 2.81 bits per heavy atom. The molecule has 0 spiro atoms. The Kier molecular flexibility index (Phi) is 6.52. The number of rotatable bonds is 6. The van der Waals surface area contributed by atoms with Gasteiger partial charge in [-0.05, 0) is 79.5 Å². The number of hydrogen-bond donors (Lipinski definition) is 3. The van der Waals surface area contributed by atoms with Crippen molar-refractivity contribution < 1.29 is 18.9 Å². The number of nitrogens with two attached hydrogens (primary N) is 1. The van der Waals surface area contributed by atoms with Crippen LogP contribution >= 0.6 is 7.82 Å². The number of aryl methyl sites for hydroxylation is 2. The maximum Gasteiger partial charge on any atom is 0.469 e. The molecule has 2 aromatic rings. The third-order valence-corrected chi connectivity index (χ3v) is 7.20. The molecule has 0 unspecified atom stereocenters. The van der Waals surface area contributed by atoms with Crippen LogP contribution in [0.1, 0.15) is 59.4 Å². The van der Waals surface area contributed by atoms with Crippen LogP contribution in [0.5, 0.6) is 0 Å². The molecule has 1 fully saturated rings. The van der Waals surface area contributed by atoms with Gasteiger partial charge in [0.25, 0.3) is 0 Å². The molecule has 0 aliphatic heterocycles. The highest BCUT2D eigenvalue weighted by molar-refractivity contribution is 7.46. The number of allylic oxidation sites excluding steroid dienone is 1. The predicted molar refractivity (Wildman–Crippen MR) is 124 cm³/mol. The minimum absolute atomic E-state index is 0.103. The zero-order chi connectivity index (χ0) is 22.1. The first-order chi connectivity index (χ1) is 14.7. The lowest BCUT2D eigenvalue weighted by Crippen LogP contribution is -2.41. The molecule has 31 heavy (non-hydrogen) atoms. The van der Waals surface area contributed by atoms with Gasteiger partial charge in [0, 0.05) is 5.54 Å². The van der Waals surface area contributed by atoms with Crippen molar-refractivity contribution in [2.24, 2.45) is 11.7 Å². The third-order valence-electron chi connectivity index (χ3n) is 6.74. The van der Waals surface area contributed by atoms with Gasteiger partial charge in [0.15, 0.2) is 0 Å². The average Bonchev–Trinajstić information content (AvgIpc) is 3.13. The van der Waals surface area contributed by atoms with E-state index in [4.69, 9.17) is 20.0 Å². The van der Waals surface area contributed by atoms with Crippen molar-refractivity contribution in [3.63, 3.8) is 0 Å². The summed E-state index contributed by atoms with van der Waals surface area (Å²) in [5, 5.41) is 0. The van der Waals surface area contributed by atoms with Crippen molar-refractivity contribution in [3.8, 4) is 0 Å². The van der Waals surface area contributed by atoms with Gasteiger partial charge in [-0.1, -0.05) is 60.2 Å². The fraction of sp³-hybridized carbons (Fsp3) is 0.440. The normalized spacial score (nSPS) is 26.3. The molecule has 1 saturated carbocycles. The molecule has 0 amide bonds. The molecule has 0 bridgehead atoms. The van der Waals surface area contributed by atoms with E-state index in [0.29, 0.717) is 24.7 Å². The van der Waals surface area contributed by atoms with Crippen LogP contribution in [0.25, 0.3) is 6.08 Å². The summed E-state index contributed by atoms with van der Waals surface area (Å²) in [5.41, 5.74) is 12.4. The SMILES string of the molecule is Cc1cccc(/C=C/[C@@H]2CCc3cc([C@H]4CC[C@](N)(COP(=O)(O)O)C4)ccc3C2)c1. The van der Waals surface area contributed by atoms with Gasteiger partial charge in [-0.3, -0.25) is 4.52 Å². The predicted octanol–water partition coefficient (Wildman–Crippen LogP) is 4.89. The number of fused-ring (bicyclic) bond motifs is 1. The van der Waals surface area contributed by atoms with E-state index < -0.39 is 13.4 Å². The molecular weight excluding hydrogens is 409 g/mol. The highest BCUT2D eigenvalue weighted by Gasteiger charge is 2.38. The molecule has 2 aromatic carbocycles. The molecule has 4 N–H and O–H groups in total. The Morgan fingerprint density at radius 1 is 1.19 bits per heavy atom. The Balaban J connectivity index is 1.39. The summed E-state index contributed by atoms with van der Waals surface area (Å²) in [6, 6.07) is 15.4. The van der Waals surface area contributed by atoms with Crippen molar-refractivity contribution in [1.82, 2.24) is 0 Å². The highest BCUT2D eigenvalue weighted by atomic mass is 31.2. The minimum atomic E-state index is -4.49. The molecule has 0 aromatic heterocycles. The minimum Gasteiger partial charge on any atom is -0.323 e. The van der Waals surface area contributed by atoms with Gasteiger partial charge in [0.1, 0.15) is 0 Å². The largest absolute Gasteiger partial charge is 0.469 e. The molecule has 0 heterocycles. The summed E-state index contributed by atoms with van der Waals surface area (Å²) < 4.78 is 15.7. The van der Waals surface area contributed by atoms with Crippen LogP contribution in [0.2, 0.25) is 0 Å². The Morgan fingerprint density at radius 2 is 2.03 bits per heavy atom. The maximum absolute atomic E-state index is 11.0. The summed E-state index contributed by atoms with van der Waals surface area (Å²) in [5.74, 6) is 0.876. The lowest BCUT2D eigenvalue weighted by molar-refractivity contribution is 0.153. The molecule has 3 atom stereocenters. The first-order valence-electron chi connectivity index (χ1n) is 11.0. The van der Waals surface area contributed by atoms with Gasteiger partial charge in [-0.25, -0.2) is 4.57 Å². The van der Waals surface area contributed by atoms with Crippen LogP contribution in [0, 0.1) is 12.8 Å². The molecule has 166 valence electrons. The summed E-state index contributed by atoms with van der Waals surface area (Å²) in [6.45, 7) is 2.02. The second kappa shape index (κ2) is 9.01. The molecule has 2 aliphatic rings. The molecule has 4 rings (SSSR count). The fourth-order valence-corrected chi connectivity index (χ4v) is 5.45. The number of phosphoric ester groups is 1. The highest BCUT2D eigenvalue weighted by Crippen LogP contribution is 2.44. The first kappa shape index (κ1) is 22.4. The van der Waals surface area contributed by atoms with E-state index in [1.54, 1.807) is 0 Å². The average molecular weight is 442 g/mol. The van der Waals surface area contributed by atoms with E-state index in [1.807, 2.05) is 0 Å². The topological polar surface area (TPSA) is 92.8 Å². The summed E-state index contributed by atoms with van der Waals surface area (Å²) >= 11 is 0. The quantitative estimate of drug-likeness (QED) is 0.555. The van der Waals surface area contributed by atoms with E-state index in [2.05, 4.69) is 61.5 Å². The number of benzene rings is 2. The summed E-state index contributed by atoms with van der Waals surface area (Å²) in [6.07, 6.45) is 10.2. The molecular formula is C25H32NO4P. The van der Waals surface area contributed by atoms with Crippen LogP contribution < -0.4 is 5.73 Å². The van der Waals surface area contributed by atoms with Crippen LogP contribution in [-0.4, -0.2) is 21.9 Å². The zero-order valence-corrected chi connectivity index (χ0v) is 18.9. The van der Waals surface area contributed by atoms with E-state index in [1.165, 1.54) is 27.8 Å². The summed E-state index contributed by atoms with van der Waals surface area (Å²) in [7, 11) is -4.49. The van der Waals surface area contributed by atoms with Crippen LogP contribution in [-0.2, 0) is 21.9 Å². The lowest BCUT2D eigenvalue weighted by atomic mass is 9.81. The van der Waals surface area contributed by atoms with Gasteiger partial charge < -0.3 is 15.5 Å². The lowest BCUT2D eigenvalue weighted by Gasteiger charge is -2.25. The Labute approximate surface area is 184 Å². The second-order valence-corrected chi connectivity index (χ2v) is 10.6. The molecule has 6 heteroatoms. The van der Waals surface area contributed by atoms with Crippen molar-refractivity contribution in [2.75, 3.05) is 6.61 Å². The number of hydrogen-bond acceptors (Lipinski definition) is 3. The standard InChI is InChI=1S/C25H32NO4P/c1-18-3-2-4-19(13-18)5-6-20-7-8-22-15-23(10-9-21(22)14-20)24-11-12-25(26,16-24)17-30-31(27,28)29/h2-6,9-10,13,15,20,24H,7-8,11-12,14,16-17,26H2,1H3,(H2,27,28,29)/b6-5+/t20-,24+,25-/m1/s1. The van der Waals surface area contributed by atoms with Gasteiger partial charge in [-0.15, -0.1) is 0 Å². The summed E-state index contributed by atoms with van der Waals surface area (Å²) in [4.78, 5) is 17.9. The van der Waals surface area contributed by atoms with Gasteiger partial charge >= 0.3 is 7.82 Å². The van der Waals surface area contributed by atoms with Crippen LogP contribution in [0.4, 0.5) is 0 Å². The molecule has 0 radical (unpaired) electrons. The second-order valence-electron chi connectivity index (χ2n) is 9.37. The maximum atomic E-state index is 11.0. The molecule has 5 nitrogen and oxygen atoms in total. The first-order valence-corrected chi connectivity index (χ1v) is 12.6. The van der Waals surface area contributed by atoms with Gasteiger partial charge in [0.2, 0.25) is 0 Å². The zero-order valence-electron chi connectivity index (χ0n) is 18.0. The molecule has 2 aliphatic carbocycles. The van der Waals surface area contributed by atoms with Gasteiger partial charge in [-0.2, -0.15) is 0 Å². The smallest absolute Gasteiger partial charge is 0.323 e. The van der Waals surface area contributed by atoms with Crippen molar-refractivity contribution in [3.05, 3.63) is 76.4 Å². The van der Waals surface area contributed by atoms with Crippen molar-refractivity contribution >= 4 is 13.9 Å².